The molecule has 72 valence electrons. The lowest BCUT2D eigenvalue weighted by Gasteiger charge is -2.12. The predicted octanol–water partition coefficient (Wildman–Crippen LogP) is 0.790. The Bertz CT molecular complexity index is 115. The fourth-order valence-electron chi connectivity index (χ4n) is 1.01. The van der Waals surface area contributed by atoms with Crippen molar-refractivity contribution < 1.29 is 9.47 Å². The minimum Gasteiger partial charge on any atom is -0.382 e. The van der Waals surface area contributed by atoms with E-state index in [4.69, 9.17) is 9.47 Å². The van der Waals surface area contributed by atoms with E-state index >= 15 is 0 Å². The van der Waals surface area contributed by atoms with Gasteiger partial charge in [0, 0.05) is 19.7 Å². The van der Waals surface area contributed by atoms with Crippen molar-refractivity contribution in [1.82, 2.24) is 5.32 Å². The normalized spacial score (nSPS) is 19.5. The maximum atomic E-state index is 5.47. The lowest BCUT2D eigenvalue weighted by Crippen LogP contribution is -2.29. The quantitative estimate of drug-likeness (QED) is 0.577. The zero-order valence-electron chi connectivity index (χ0n) is 8.01. The highest BCUT2D eigenvalue weighted by molar-refractivity contribution is 4.81. The van der Waals surface area contributed by atoms with E-state index < -0.39 is 0 Å². The van der Waals surface area contributed by atoms with E-state index in [-0.39, 0.29) is 0 Å². The zero-order valence-corrected chi connectivity index (χ0v) is 8.01. The lowest BCUT2D eigenvalue weighted by molar-refractivity contribution is 0.0266. The molecule has 0 spiro atoms. The van der Waals surface area contributed by atoms with Gasteiger partial charge in [-0.1, -0.05) is 0 Å². The molecule has 0 aliphatic heterocycles. The summed E-state index contributed by atoms with van der Waals surface area (Å²) in [6.07, 6.45) is 2.98. The van der Waals surface area contributed by atoms with E-state index in [2.05, 4.69) is 12.2 Å². The van der Waals surface area contributed by atoms with Gasteiger partial charge in [-0.15, -0.1) is 0 Å². The van der Waals surface area contributed by atoms with Gasteiger partial charge in [0.2, 0.25) is 0 Å². The first kappa shape index (κ1) is 9.96. The second-order valence-electron chi connectivity index (χ2n) is 3.36. The molecule has 1 fully saturated rings. The Morgan fingerprint density at radius 1 is 1.42 bits per heavy atom. The van der Waals surface area contributed by atoms with Gasteiger partial charge in [-0.2, -0.15) is 0 Å². The van der Waals surface area contributed by atoms with Crippen molar-refractivity contribution in [2.45, 2.75) is 31.9 Å². The van der Waals surface area contributed by atoms with Crippen LogP contribution in [0, 0.1) is 0 Å². The smallest absolute Gasteiger partial charge is 0.0704 e. The van der Waals surface area contributed by atoms with Crippen molar-refractivity contribution in [3.8, 4) is 0 Å². The van der Waals surface area contributed by atoms with Gasteiger partial charge in [-0.3, -0.25) is 0 Å². The van der Waals surface area contributed by atoms with Gasteiger partial charge in [-0.05, 0) is 19.8 Å². The fourth-order valence-corrected chi connectivity index (χ4v) is 1.01. The minimum atomic E-state index is 0.306. The molecule has 1 saturated carbocycles. The molecule has 3 nitrogen and oxygen atoms in total. The molecule has 1 aliphatic carbocycles. The summed E-state index contributed by atoms with van der Waals surface area (Å²) in [5.74, 6) is 0. The van der Waals surface area contributed by atoms with Crippen LogP contribution in [0.15, 0.2) is 0 Å². The molecule has 0 radical (unpaired) electrons. The Labute approximate surface area is 74.4 Å². The molecule has 0 amide bonds. The summed E-state index contributed by atoms with van der Waals surface area (Å²) in [4.78, 5) is 0. The summed E-state index contributed by atoms with van der Waals surface area (Å²) >= 11 is 0. The van der Waals surface area contributed by atoms with Gasteiger partial charge >= 0.3 is 0 Å². The van der Waals surface area contributed by atoms with E-state index in [9.17, 15) is 0 Å². The van der Waals surface area contributed by atoms with Crippen molar-refractivity contribution in [1.29, 1.82) is 0 Å². The number of nitrogens with one attached hydrogen (secondary N) is 1. The van der Waals surface area contributed by atoms with Crippen LogP contribution >= 0.6 is 0 Å². The van der Waals surface area contributed by atoms with Crippen molar-refractivity contribution in [3.05, 3.63) is 0 Å². The number of rotatable bonds is 7. The summed E-state index contributed by atoms with van der Waals surface area (Å²) in [5, 5.41) is 3.42. The molecule has 1 atom stereocenters. The van der Waals surface area contributed by atoms with Crippen LogP contribution in [0.5, 0.6) is 0 Å². The highest BCUT2D eigenvalue weighted by atomic mass is 16.5. The van der Waals surface area contributed by atoms with Crippen LogP contribution in [0.1, 0.15) is 19.8 Å². The van der Waals surface area contributed by atoms with Gasteiger partial charge < -0.3 is 14.8 Å². The van der Waals surface area contributed by atoms with Crippen molar-refractivity contribution >= 4 is 0 Å². The third kappa shape index (κ3) is 4.70. The van der Waals surface area contributed by atoms with E-state index in [1.165, 1.54) is 12.8 Å². The van der Waals surface area contributed by atoms with Crippen LogP contribution in [-0.4, -0.2) is 39.0 Å². The molecule has 0 aromatic carbocycles. The van der Waals surface area contributed by atoms with Gasteiger partial charge in [0.15, 0.2) is 0 Å². The highest BCUT2D eigenvalue weighted by Crippen LogP contribution is 2.18. The van der Waals surface area contributed by atoms with Gasteiger partial charge in [0.25, 0.3) is 0 Å². The van der Waals surface area contributed by atoms with Crippen LogP contribution in [0.3, 0.4) is 0 Å². The molecule has 0 bridgehead atoms. The number of ether oxygens (including phenoxy) is 2. The van der Waals surface area contributed by atoms with E-state index in [0.717, 1.165) is 12.6 Å². The Morgan fingerprint density at radius 3 is 2.75 bits per heavy atom. The van der Waals surface area contributed by atoms with Crippen molar-refractivity contribution in [2.24, 2.45) is 0 Å². The maximum absolute atomic E-state index is 5.47. The predicted molar refractivity (Wildman–Crippen MR) is 48.3 cm³/mol. The summed E-state index contributed by atoms with van der Waals surface area (Å²) in [5.41, 5.74) is 0. The number of hydrogen-bond donors (Lipinski definition) is 1. The third-order valence-corrected chi connectivity index (χ3v) is 1.96. The summed E-state index contributed by atoms with van der Waals surface area (Å²) in [7, 11) is 1.69. The Morgan fingerprint density at radius 2 is 2.17 bits per heavy atom. The first-order valence-corrected chi connectivity index (χ1v) is 4.67. The first-order valence-electron chi connectivity index (χ1n) is 4.67. The van der Waals surface area contributed by atoms with Gasteiger partial charge in [0.05, 0.1) is 19.3 Å². The molecular formula is C9H19NO2. The Kier molecular flexibility index (Phi) is 4.58. The van der Waals surface area contributed by atoms with Crippen molar-refractivity contribution in [3.63, 3.8) is 0 Å². The molecule has 1 N–H and O–H groups in total. The topological polar surface area (TPSA) is 30.5 Å². The van der Waals surface area contributed by atoms with Crippen LogP contribution in [0.25, 0.3) is 0 Å². The molecule has 0 aromatic rings. The molecule has 1 aliphatic rings. The number of methoxy groups -OCH3 is 1. The van der Waals surface area contributed by atoms with Crippen LogP contribution in [-0.2, 0) is 9.47 Å². The second-order valence-corrected chi connectivity index (χ2v) is 3.36. The summed E-state index contributed by atoms with van der Waals surface area (Å²) < 4.78 is 10.4. The van der Waals surface area contributed by atoms with Gasteiger partial charge in [-0.25, -0.2) is 0 Å². The molecular weight excluding hydrogens is 154 g/mol. The van der Waals surface area contributed by atoms with E-state index in [1.54, 1.807) is 7.11 Å². The maximum Gasteiger partial charge on any atom is 0.0704 e. The summed E-state index contributed by atoms with van der Waals surface area (Å²) in [6, 6.07) is 0.776. The molecule has 0 aromatic heterocycles. The van der Waals surface area contributed by atoms with Crippen LogP contribution < -0.4 is 5.32 Å². The van der Waals surface area contributed by atoms with E-state index in [1.807, 2.05) is 0 Å². The molecule has 1 unspecified atom stereocenters. The monoisotopic (exact) mass is 173 g/mol. The Hall–Kier alpha value is -0.120. The van der Waals surface area contributed by atoms with Crippen LogP contribution in [0.4, 0.5) is 0 Å². The average Bonchev–Trinajstić information content (AvgIpc) is 2.84. The molecule has 0 heterocycles. The second kappa shape index (κ2) is 5.51. The fraction of sp³-hybridized carbons (Fsp3) is 1.00. The lowest BCUT2D eigenvalue weighted by atomic mass is 10.4. The van der Waals surface area contributed by atoms with Crippen molar-refractivity contribution in [2.75, 3.05) is 26.9 Å². The molecule has 12 heavy (non-hydrogen) atoms. The molecule has 0 saturated heterocycles. The third-order valence-electron chi connectivity index (χ3n) is 1.96. The highest BCUT2D eigenvalue weighted by Gasteiger charge is 2.20. The summed E-state index contributed by atoms with van der Waals surface area (Å²) in [6.45, 7) is 4.44. The van der Waals surface area contributed by atoms with Gasteiger partial charge in [0.1, 0.15) is 0 Å². The van der Waals surface area contributed by atoms with Crippen LogP contribution in [0.2, 0.25) is 0 Å². The SMILES string of the molecule is COCCOC(C)CNC1CC1. The minimum absolute atomic E-state index is 0.306. The first-order chi connectivity index (χ1) is 5.83. The zero-order chi connectivity index (χ0) is 8.81. The molecule has 3 heteroatoms. The standard InChI is InChI=1S/C9H19NO2/c1-8(12-6-5-11-2)7-10-9-3-4-9/h8-10H,3-7H2,1-2H3. The van der Waals surface area contributed by atoms with E-state index in [0.29, 0.717) is 19.3 Å². The largest absolute Gasteiger partial charge is 0.382 e. The number of hydrogen-bond acceptors (Lipinski definition) is 3. The molecule has 1 rings (SSSR count). The Balaban J connectivity index is 1.84. The average molecular weight is 173 g/mol.